The minimum Gasteiger partial charge on any atom is -0.353 e. The topological polar surface area (TPSA) is 78.3 Å². The van der Waals surface area contributed by atoms with E-state index >= 15 is 0 Å². The van der Waals surface area contributed by atoms with Gasteiger partial charge in [-0.25, -0.2) is 9.50 Å². The number of hydrogen-bond acceptors (Lipinski definition) is 6. The predicted octanol–water partition coefficient (Wildman–Crippen LogP) is 3.43. The number of rotatable bonds is 4. The first kappa shape index (κ1) is 19.9. The highest BCUT2D eigenvalue weighted by Crippen LogP contribution is 2.36. The van der Waals surface area contributed by atoms with E-state index in [4.69, 9.17) is 10.1 Å². The molecule has 2 unspecified atom stereocenters. The van der Waals surface area contributed by atoms with Crippen molar-refractivity contribution in [1.29, 1.82) is 5.26 Å². The highest BCUT2D eigenvalue weighted by atomic mass is 15.3. The average Bonchev–Trinajstić information content (AvgIpc) is 3.51. The van der Waals surface area contributed by atoms with Crippen LogP contribution in [0.1, 0.15) is 25.3 Å². The molecule has 3 aromatic heterocycles. The number of likely N-dealkylation sites (N-methyl/N-ethyl adjacent to an activating group) is 1. The fraction of sp³-hybridized carbons (Fsp3) is 0.360. The van der Waals surface area contributed by atoms with Crippen LogP contribution >= 0.6 is 0 Å². The molecule has 2 saturated heterocycles. The molecule has 5 heterocycles. The largest absolute Gasteiger partial charge is 0.353 e. The summed E-state index contributed by atoms with van der Waals surface area (Å²) in [5, 5.41) is 18.8. The Labute approximate surface area is 192 Å². The molecule has 2 atom stereocenters. The standard InChI is InChI=1S/C25H26N8/c1-3-32-21(9-11-27-32)23-24(18-6-4-5-17(13-18)14-26)29-33-12-10-22(28-25(23)33)31-15-19-7-8-20(16-31)30(19)2/h4-6,9-13,19-20H,3,7-8,15-16H2,1-2H3. The smallest absolute Gasteiger partial charge is 0.167 e. The van der Waals surface area contributed by atoms with Crippen LogP contribution in [0, 0.1) is 11.3 Å². The van der Waals surface area contributed by atoms with Gasteiger partial charge in [-0.3, -0.25) is 9.58 Å². The van der Waals surface area contributed by atoms with Crippen LogP contribution < -0.4 is 4.90 Å². The molecular formula is C25H26N8. The van der Waals surface area contributed by atoms with Crippen molar-refractivity contribution in [1.82, 2.24) is 29.3 Å². The highest BCUT2D eigenvalue weighted by molar-refractivity contribution is 5.89. The summed E-state index contributed by atoms with van der Waals surface area (Å²) in [6, 6.07) is 15.1. The molecule has 2 bridgehead atoms. The fourth-order valence-corrected chi connectivity index (χ4v) is 5.37. The summed E-state index contributed by atoms with van der Waals surface area (Å²) in [5.74, 6) is 0.994. The Morgan fingerprint density at radius 1 is 1.12 bits per heavy atom. The minimum absolute atomic E-state index is 0.594. The zero-order valence-corrected chi connectivity index (χ0v) is 18.9. The second-order valence-corrected chi connectivity index (χ2v) is 8.96. The number of fused-ring (bicyclic) bond motifs is 3. The van der Waals surface area contributed by atoms with Crippen molar-refractivity contribution in [2.45, 2.75) is 38.4 Å². The third-order valence-corrected chi connectivity index (χ3v) is 7.18. The number of benzene rings is 1. The Kier molecular flexibility index (Phi) is 4.66. The third-order valence-electron chi connectivity index (χ3n) is 7.18. The number of hydrogen-bond donors (Lipinski definition) is 0. The lowest BCUT2D eigenvalue weighted by Crippen LogP contribution is -2.52. The van der Waals surface area contributed by atoms with Gasteiger partial charge in [-0.2, -0.15) is 15.5 Å². The number of nitriles is 1. The second kappa shape index (κ2) is 7.71. The van der Waals surface area contributed by atoms with Crippen LogP contribution in [-0.4, -0.2) is 61.5 Å². The molecule has 6 rings (SSSR count). The summed E-state index contributed by atoms with van der Waals surface area (Å²) in [6.07, 6.45) is 6.34. The van der Waals surface area contributed by atoms with Gasteiger partial charge < -0.3 is 4.90 Å². The molecule has 0 aliphatic carbocycles. The van der Waals surface area contributed by atoms with Gasteiger partial charge >= 0.3 is 0 Å². The van der Waals surface area contributed by atoms with Gasteiger partial charge in [0.25, 0.3) is 0 Å². The molecular weight excluding hydrogens is 412 g/mol. The van der Waals surface area contributed by atoms with Crippen molar-refractivity contribution >= 4 is 11.5 Å². The summed E-state index contributed by atoms with van der Waals surface area (Å²) in [5.41, 5.74) is 5.06. The molecule has 33 heavy (non-hydrogen) atoms. The molecule has 0 radical (unpaired) electrons. The van der Waals surface area contributed by atoms with Gasteiger partial charge in [-0.1, -0.05) is 12.1 Å². The molecule has 2 aliphatic heterocycles. The van der Waals surface area contributed by atoms with E-state index in [0.29, 0.717) is 17.6 Å². The monoisotopic (exact) mass is 438 g/mol. The van der Waals surface area contributed by atoms with E-state index in [1.807, 2.05) is 51.9 Å². The summed E-state index contributed by atoms with van der Waals surface area (Å²) in [7, 11) is 2.25. The molecule has 0 saturated carbocycles. The molecule has 166 valence electrons. The Balaban J connectivity index is 1.52. The Hall–Kier alpha value is -3.70. The Morgan fingerprint density at radius 2 is 1.94 bits per heavy atom. The number of piperazine rings is 1. The number of anilines is 1. The molecule has 8 heteroatoms. The second-order valence-electron chi connectivity index (χ2n) is 8.96. The molecule has 0 spiro atoms. The van der Waals surface area contributed by atoms with E-state index in [1.54, 1.807) is 0 Å². The highest BCUT2D eigenvalue weighted by Gasteiger charge is 2.38. The lowest BCUT2D eigenvalue weighted by Gasteiger charge is -2.39. The maximum Gasteiger partial charge on any atom is 0.167 e. The van der Waals surface area contributed by atoms with E-state index in [9.17, 15) is 5.26 Å². The SMILES string of the molecule is CCn1nccc1-c1c(-c2cccc(C#N)c2)nn2ccc(N3CC4CCC(C3)N4C)nc12. The zero-order chi connectivity index (χ0) is 22.5. The summed E-state index contributed by atoms with van der Waals surface area (Å²) in [4.78, 5) is 10.1. The van der Waals surface area contributed by atoms with Crippen molar-refractivity contribution in [2.24, 2.45) is 0 Å². The van der Waals surface area contributed by atoms with Gasteiger partial charge in [-0.15, -0.1) is 0 Å². The number of aryl methyl sites for hydroxylation is 1. The predicted molar refractivity (Wildman–Crippen MR) is 127 cm³/mol. The third kappa shape index (κ3) is 3.19. The van der Waals surface area contributed by atoms with Crippen molar-refractivity contribution in [3.63, 3.8) is 0 Å². The molecule has 0 N–H and O–H groups in total. The first-order chi connectivity index (χ1) is 16.2. The van der Waals surface area contributed by atoms with Gasteiger partial charge in [0.15, 0.2) is 5.65 Å². The van der Waals surface area contributed by atoms with Crippen LogP contribution in [0.5, 0.6) is 0 Å². The van der Waals surface area contributed by atoms with Crippen molar-refractivity contribution < 1.29 is 0 Å². The van der Waals surface area contributed by atoms with Crippen LogP contribution in [0.15, 0.2) is 48.8 Å². The summed E-state index contributed by atoms with van der Waals surface area (Å²) in [6.45, 7) is 4.84. The van der Waals surface area contributed by atoms with E-state index < -0.39 is 0 Å². The summed E-state index contributed by atoms with van der Waals surface area (Å²) >= 11 is 0. The lowest BCUT2D eigenvalue weighted by molar-refractivity contribution is 0.212. The van der Waals surface area contributed by atoms with E-state index in [-0.39, 0.29) is 0 Å². The van der Waals surface area contributed by atoms with E-state index in [2.05, 4.69) is 41.0 Å². The van der Waals surface area contributed by atoms with Crippen molar-refractivity contribution in [3.05, 3.63) is 54.4 Å². The molecule has 0 amide bonds. The zero-order valence-electron chi connectivity index (χ0n) is 18.9. The van der Waals surface area contributed by atoms with Crippen molar-refractivity contribution in [3.8, 4) is 28.6 Å². The Morgan fingerprint density at radius 3 is 2.70 bits per heavy atom. The first-order valence-electron chi connectivity index (χ1n) is 11.5. The van der Waals surface area contributed by atoms with Gasteiger partial charge in [0.2, 0.25) is 0 Å². The summed E-state index contributed by atoms with van der Waals surface area (Å²) < 4.78 is 3.82. The molecule has 2 aliphatic rings. The van der Waals surface area contributed by atoms with Gasteiger partial charge in [-0.05, 0) is 51.1 Å². The van der Waals surface area contributed by atoms with Crippen LogP contribution in [0.4, 0.5) is 5.82 Å². The lowest BCUT2D eigenvalue weighted by atomic mass is 10.0. The quantitative estimate of drug-likeness (QED) is 0.486. The van der Waals surface area contributed by atoms with Crippen LogP contribution in [-0.2, 0) is 6.54 Å². The molecule has 2 fully saturated rings. The molecule has 8 nitrogen and oxygen atoms in total. The van der Waals surface area contributed by atoms with Gasteiger partial charge in [0.05, 0.1) is 22.9 Å². The fourth-order valence-electron chi connectivity index (χ4n) is 5.37. The van der Waals surface area contributed by atoms with Crippen LogP contribution in [0.2, 0.25) is 0 Å². The molecule has 4 aromatic rings. The number of nitrogens with zero attached hydrogens (tertiary/aromatic N) is 8. The maximum atomic E-state index is 9.42. The maximum absolute atomic E-state index is 9.42. The first-order valence-corrected chi connectivity index (χ1v) is 11.5. The Bertz CT molecular complexity index is 1360. The van der Waals surface area contributed by atoms with Crippen molar-refractivity contribution in [2.75, 3.05) is 25.0 Å². The van der Waals surface area contributed by atoms with Crippen LogP contribution in [0.3, 0.4) is 0 Å². The molecule has 1 aromatic carbocycles. The van der Waals surface area contributed by atoms with Crippen LogP contribution in [0.25, 0.3) is 28.2 Å². The van der Waals surface area contributed by atoms with Gasteiger partial charge in [0.1, 0.15) is 11.5 Å². The normalized spacial score (nSPS) is 20.5. The van der Waals surface area contributed by atoms with E-state index in [0.717, 1.165) is 53.6 Å². The van der Waals surface area contributed by atoms with Gasteiger partial charge in [0, 0.05) is 49.7 Å². The minimum atomic E-state index is 0.594. The number of aromatic nitrogens is 5. The average molecular weight is 439 g/mol. The van der Waals surface area contributed by atoms with E-state index in [1.165, 1.54) is 12.8 Å².